The summed E-state index contributed by atoms with van der Waals surface area (Å²) in [6.07, 6.45) is 4.05. The van der Waals surface area contributed by atoms with Crippen LogP contribution >= 0.6 is 7.60 Å². The molecule has 0 amide bonds. The minimum absolute atomic E-state index is 0.0959. The maximum absolute atomic E-state index is 12.8. The highest BCUT2D eigenvalue weighted by molar-refractivity contribution is 7.52. The van der Waals surface area contributed by atoms with Gasteiger partial charge in [-0.3, -0.25) is 14.1 Å². The molecule has 7 rings (SSSR count). The first-order valence-corrected chi connectivity index (χ1v) is 15.6. The van der Waals surface area contributed by atoms with Gasteiger partial charge in [0.2, 0.25) is 0 Å². The lowest BCUT2D eigenvalue weighted by molar-refractivity contribution is 0.0122. The Balaban J connectivity index is 0.944. The van der Waals surface area contributed by atoms with Crippen LogP contribution in [-0.2, 0) is 20.2 Å². The number of aryl methyl sites for hydroxylation is 1. The highest BCUT2D eigenvalue weighted by Gasteiger charge is 2.34. The largest absolute Gasteiger partial charge is 0.383 e. The molecule has 0 aliphatic carbocycles. The summed E-state index contributed by atoms with van der Waals surface area (Å²) in [5.74, 6) is 0.140. The van der Waals surface area contributed by atoms with Crippen LogP contribution in [-0.4, -0.2) is 43.3 Å². The van der Waals surface area contributed by atoms with Crippen LogP contribution in [0.3, 0.4) is 0 Å². The normalized spacial score (nSPS) is 19.1. The number of benzene rings is 4. The number of nitrogens with one attached hydrogen (secondary N) is 1. The van der Waals surface area contributed by atoms with E-state index in [9.17, 15) is 14.3 Å². The average Bonchev–Trinajstić information content (AvgIpc) is 3.58. The van der Waals surface area contributed by atoms with E-state index in [-0.39, 0.29) is 18.6 Å². The Labute approximate surface area is 235 Å². The summed E-state index contributed by atoms with van der Waals surface area (Å²) < 4.78 is 26.0. The maximum Gasteiger partial charge on any atom is 0.348 e. The van der Waals surface area contributed by atoms with Gasteiger partial charge in [-0.1, -0.05) is 54.6 Å². The van der Waals surface area contributed by atoms with Crippen LogP contribution in [0.1, 0.15) is 37.5 Å². The minimum Gasteiger partial charge on any atom is -0.383 e. The maximum atomic E-state index is 12.8. The van der Waals surface area contributed by atoms with Crippen molar-refractivity contribution in [1.29, 1.82) is 0 Å². The van der Waals surface area contributed by atoms with Crippen molar-refractivity contribution < 1.29 is 18.7 Å². The number of anilines is 1. The van der Waals surface area contributed by atoms with E-state index < -0.39 is 25.6 Å². The molecule has 0 radical (unpaired) electrons. The molecule has 4 aromatic carbocycles. The molecule has 210 valence electrons. The zero-order chi connectivity index (χ0) is 28.1. The van der Waals surface area contributed by atoms with E-state index in [0.29, 0.717) is 30.4 Å². The van der Waals surface area contributed by atoms with Gasteiger partial charge in [0.05, 0.1) is 25.2 Å². The number of ether oxygens (including phenoxy) is 1. The van der Waals surface area contributed by atoms with Gasteiger partial charge >= 0.3 is 13.3 Å². The number of nitrogen functional groups attached to an aromatic ring is 1. The first kappa shape index (κ1) is 26.1. The van der Waals surface area contributed by atoms with Crippen molar-refractivity contribution in [2.24, 2.45) is 0 Å². The Morgan fingerprint density at radius 2 is 1.80 bits per heavy atom. The van der Waals surface area contributed by atoms with Crippen molar-refractivity contribution in [3.8, 4) is 0 Å². The number of fused-ring (bicyclic) bond motifs is 1. The first-order chi connectivity index (χ1) is 19.9. The number of rotatable bonds is 9. The standard InChI is InChI=1S/C30H30N5O5P/c31-28-27-29(34-30(36)33-28)35(17-32-27)24-14-12-22(40-24)16-41(37,38)39-15-2-1-4-18-7-8-21-10-9-19-5-3-6-20-11-13-23(18)26(21)25(19)20/h3,5-11,13,17,22,24H,1-2,4,12,14-16H2,(H,37,38)(H3,31,33,34,36)/t22-,24+/m0/s1. The van der Waals surface area contributed by atoms with Crippen LogP contribution in [0.25, 0.3) is 43.5 Å². The van der Waals surface area contributed by atoms with Gasteiger partial charge in [0.1, 0.15) is 17.6 Å². The van der Waals surface area contributed by atoms with Gasteiger partial charge in [0, 0.05) is 0 Å². The molecule has 1 aliphatic heterocycles. The zero-order valence-electron chi connectivity index (χ0n) is 22.3. The number of aromatic amines is 1. The monoisotopic (exact) mass is 571 g/mol. The fraction of sp³-hybridized carbons (Fsp3) is 0.300. The van der Waals surface area contributed by atoms with Crippen LogP contribution in [0.15, 0.2) is 65.7 Å². The minimum atomic E-state index is -3.84. The molecule has 10 nitrogen and oxygen atoms in total. The fourth-order valence-corrected chi connectivity index (χ4v) is 7.44. The van der Waals surface area contributed by atoms with E-state index in [4.69, 9.17) is 15.0 Å². The molecular weight excluding hydrogens is 541 g/mol. The third kappa shape index (κ3) is 4.87. The van der Waals surface area contributed by atoms with Gasteiger partial charge < -0.3 is 19.9 Å². The van der Waals surface area contributed by atoms with Gasteiger partial charge in [-0.05, 0) is 70.0 Å². The molecule has 41 heavy (non-hydrogen) atoms. The Morgan fingerprint density at radius 3 is 2.63 bits per heavy atom. The van der Waals surface area contributed by atoms with Crippen molar-refractivity contribution in [2.45, 2.75) is 44.4 Å². The smallest absolute Gasteiger partial charge is 0.348 e. The molecule has 0 bridgehead atoms. The summed E-state index contributed by atoms with van der Waals surface area (Å²) >= 11 is 0. The summed E-state index contributed by atoms with van der Waals surface area (Å²) in [4.78, 5) is 32.9. The molecule has 3 atom stereocenters. The number of H-pyrrole nitrogens is 1. The zero-order valence-corrected chi connectivity index (χ0v) is 23.2. The van der Waals surface area contributed by atoms with E-state index in [1.54, 1.807) is 4.57 Å². The average molecular weight is 572 g/mol. The molecule has 1 unspecified atom stereocenters. The Morgan fingerprint density at radius 1 is 1.05 bits per heavy atom. The van der Waals surface area contributed by atoms with E-state index in [1.165, 1.54) is 44.2 Å². The SMILES string of the molecule is Nc1[nH]c(=O)nc2c1ncn2[C@H]1CC[C@@H](CP(=O)(O)OCCCCc2ccc3ccc4cccc5ccc2c3c45)O1. The molecule has 0 spiro atoms. The summed E-state index contributed by atoms with van der Waals surface area (Å²) in [5, 5.41) is 7.61. The van der Waals surface area contributed by atoms with E-state index in [1.807, 2.05) is 0 Å². The molecule has 4 N–H and O–H groups in total. The lowest BCUT2D eigenvalue weighted by atomic mass is 9.91. The fourth-order valence-electron chi connectivity index (χ4n) is 6.14. The lowest BCUT2D eigenvalue weighted by Gasteiger charge is -2.18. The van der Waals surface area contributed by atoms with Crippen LogP contribution in [0.5, 0.6) is 0 Å². The van der Waals surface area contributed by atoms with Crippen LogP contribution < -0.4 is 11.4 Å². The number of hydrogen-bond donors (Lipinski definition) is 3. The van der Waals surface area contributed by atoms with Crippen LogP contribution in [0.4, 0.5) is 5.82 Å². The topological polar surface area (TPSA) is 145 Å². The number of imidazole rings is 1. The molecule has 6 aromatic rings. The van der Waals surface area contributed by atoms with Gasteiger partial charge in [0.15, 0.2) is 5.65 Å². The molecule has 2 aromatic heterocycles. The number of nitrogens with two attached hydrogens (primary N) is 1. The number of aromatic nitrogens is 4. The molecule has 0 saturated carbocycles. The molecule has 11 heteroatoms. The summed E-state index contributed by atoms with van der Waals surface area (Å²) in [6, 6.07) is 19.6. The Kier molecular flexibility index (Phi) is 6.51. The quantitative estimate of drug-likeness (QED) is 0.117. The van der Waals surface area contributed by atoms with Crippen molar-refractivity contribution >= 4 is 56.9 Å². The predicted molar refractivity (Wildman–Crippen MR) is 159 cm³/mol. The molecule has 1 aliphatic rings. The third-order valence-electron chi connectivity index (χ3n) is 8.05. The number of nitrogens with zero attached hydrogens (tertiary/aromatic N) is 3. The van der Waals surface area contributed by atoms with E-state index in [0.717, 1.165) is 12.8 Å². The number of hydrogen-bond acceptors (Lipinski definition) is 7. The van der Waals surface area contributed by atoms with Gasteiger partial charge in [-0.15, -0.1) is 0 Å². The Bertz CT molecular complexity index is 1990. The highest BCUT2D eigenvalue weighted by Crippen LogP contribution is 2.46. The predicted octanol–water partition coefficient (Wildman–Crippen LogP) is 5.50. The summed E-state index contributed by atoms with van der Waals surface area (Å²) in [7, 11) is -3.84. The first-order valence-electron chi connectivity index (χ1n) is 13.9. The van der Waals surface area contributed by atoms with Gasteiger partial charge in [-0.2, -0.15) is 4.98 Å². The van der Waals surface area contributed by atoms with Crippen molar-refractivity contribution in [1.82, 2.24) is 19.5 Å². The van der Waals surface area contributed by atoms with Gasteiger partial charge in [0.25, 0.3) is 0 Å². The van der Waals surface area contributed by atoms with Crippen molar-refractivity contribution in [2.75, 3.05) is 18.5 Å². The second kappa shape index (κ2) is 10.2. The summed E-state index contributed by atoms with van der Waals surface area (Å²) in [5.41, 5.74) is 7.25. The Hall–Kier alpha value is -3.82. The third-order valence-corrected chi connectivity index (χ3v) is 9.51. The number of unbranched alkanes of at least 4 members (excludes halogenated alkanes) is 1. The van der Waals surface area contributed by atoms with E-state index in [2.05, 4.69) is 69.5 Å². The van der Waals surface area contributed by atoms with Crippen LogP contribution in [0, 0.1) is 0 Å². The van der Waals surface area contributed by atoms with Gasteiger partial charge in [-0.25, -0.2) is 9.78 Å². The second-order valence-corrected chi connectivity index (χ2v) is 12.7. The molecular formula is C30H30N5O5P. The van der Waals surface area contributed by atoms with Crippen molar-refractivity contribution in [3.63, 3.8) is 0 Å². The lowest BCUT2D eigenvalue weighted by Crippen LogP contribution is -2.18. The molecule has 1 saturated heterocycles. The van der Waals surface area contributed by atoms with E-state index >= 15 is 0 Å². The van der Waals surface area contributed by atoms with Crippen LogP contribution in [0.2, 0.25) is 0 Å². The molecule has 3 heterocycles. The second-order valence-electron chi connectivity index (χ2n) is 10.8. The van der Waals surface area contributed by atoms with Crippen molar-refractivity contribution in [3.05, 3.63) is 77.0 Å². The molecule has 1 fully saturated rings. The summed E-state index contributed by atoms with van der Waals surface area (Å²) in [6.45, 7) is 0.202. The highest BCUT2D eigenvalue weighted by atomic mass is 31.2.